The molecule has 0 saturated carbocycles. The molecule has 15 heteroatoms. The molecule has 5 aromatic rings. The van der Waals surface area contributed by atoms with E-state index in [-0.39, 0.29) is 29.7 Å². The van der Waals surface area contributed by atoms with E-state index in [0.29, 0.717) is 48.8 Å². The summed E-state index contributed by atoms with van der Waals surface area (Å²) in [7, 11) is -4.33. The third kappa shape index (κ3) is 9.87. The number of phenols is 1. The van der Waals surface area contributed by atoms with Gasteiger partial charge >= 0.3 is 0 Å². The maximum Gasteiger partial charge on any atom is 0.265 e. The minimum Gasteiger partial charge on any atom is -0.508 e. The number of sulfonamides is 1. The van der Waals surface area contributed by atoms with Gasteiger partial charge in [0.2, 0.25) is 18.6 Å². The topological polar surface area (TPSA) is 204 Å². The van der Waals surface area contributed by atoms with E-state index in [1.807, 2.05) is 60.7 Å². The number of nitrogens with one attached hydrogen (secondary N) is 3. The monoisotopic (exact) mass is 766 g/mol. The first-order valence-corrected chi connectivity index (χ1v) is 19.1. The number of rotatable bonds is 16. The maximum absolute atomic E-state index is 13.7. The number of carbonyl (C=O) groups excluding carboxylic acids is 2. The Morgan fingerprint density at radius 3 is 2.40 bits per heavy atom. The molecule has 286 valence electrons. The molecule has 2 amide bonds. The predicted molar refractivity (Wildman–Crippen MR) is 205 cm³/mol. The van der Waals surface area contributed by atoms with Crippen LogP contribution in [0, 0.1) is 5.41 Å². The SMILES string of the molecule is CC(C)(CCCCOc1cc(-c2ccc3c(c2)OCO3)cc(-c2ccccc2)n1)C(=O)NC(Cc1ccc(O)cc1)C(=O)NS(=O)(=O)c1ccc(NN)nc1. The summed E-state index contributed by atoms with van der Waals surface area (Å²) in [6.07, 6.45) is 2.68. The van der Waals surface area contributed by atoms with Crippen LogP contribution in [0.5, 0.6) is 23.1 Å². The number of nitrogen functional groups attached to an aromatic ring is 1. The van der Waals surface area contributed by atoms with Gasteiger partial charge in [-0.15, -0.1) is 0 Å². The molecular weight excluding hydrogens is 725 g/mol. The lowest BCUT2D eigenvalue weighted by molar-refractivity contribution is -0.133. The molecule has 0 radical (unpaired) electrons. The molecule has 6 rings (SSSR count). The highest BCUT2D eigenvalue weighted by Gasteiger charge is 2.33. The number of hydrogen-bond acceptors (Lipinski definition) is 12. The number of hydrogen-bond donors (Lipinski definition) is 5. The third-order valence-corrected chi connectivity index (χ3v) is 10.4. The van der Waals surface area contributed by atoms with Gasteiger partial charge in [-0.1, -0.05) is 62.4 Å². The molecule has 3 aromatic carbocycles. The number of fused-ring (bicyclic) bond motifs is 1. The second kappa shape index (κ2) is 16.9. The van der Waals surface area contributed by atoms with Crippen molar-refractivity contribution in [2.24, 2.45) is 11.3 Å². The molecule has 0 fully saturated rings. The maximum atomic E-state index is 13.7. The summed E-state index contributed by atoms with van der Waals surface area (Å²) < 4.78 is 45.4. The number of pyridine rings is 2. The number of amides is 2. The molecule has 0 aliphatic carbocycles. The van der Waals surface area contributed by atoms with Gasteiger partial charge < -0.3 is 30.1 Å². The normalized spacial score (nSPS) is 12.8. The highest BCUT2D eigenvalue weighted by atomic mass is 32.2. The number of aromatic nitrogens is 2. The van der Waals surface area contributed by atoms with E-state index in [1.54, 1.807) is 26.0 Å². The number of nitrogens with two attached hydrogens (primary N) is 1. The van der Waals surface area contributed by atoms with Gasteiger partial charge in [-0.2, -0.15) is 0 Å². The van der Waals surface area contributed by atoms with Gasteiger partial charge in [-0.3, -0.25) is 9.59 Å². The van der Waals surface area contributed by atoms with E-state index < -0.39 is 33.3 Å². The molecule has 3 heterocycles. The van der Waals surface area contributed by atoms with Crippen molar-refractivity contribution in [1.29, 1.82) is 0 Å². The van der Waals surface area contributed by atoms with E-state index in [0.717, 1.165) is 28.6 Å². The van der Waals surface area contributed by atoms with Gasteiger partial charge in [0.05, 0.1) is 12.3 Å². The number of benzene rings is 3. The van der Waals surface area contributed by atoms with Gasteiger partial charge in [0.25, 0.3) is 15.9 Å². The van der Waals surface area contributed by atoms with Crippen LogP contribution < -0.4 is 35.5 Å². The summed E-state index contributed by atoms with van der Waals surface area (Å²) in [6, 6.07) is 26.9. The average Bonchev–Trinajstić information content (AvgIpc) is 3.66. The first-order valence-electron chi connectivity index (χ1n) is 17.6. The zero-order valence-electron chi connectivity index (χ0n) is 30.3. The second-order valence-electron chi connectivity index (χ2n) is 13.6. The molecule has 0 bridgehead atoms. The van der Waals surface area contributed by atoms with Crippen LogP contribution in [0.3, 0.4) is 0 Å². The highest BCUT2D eigenvalue weighted by molar-refractivity contribution is 7.90. The van der Waals surface area contributed by atoms with Crippen molar-refractivity contribution in [2.45, 2.75) is 50.5 Å². The van der Waals surface area contributed by atoms with E-state index in [2.05, 4.69) is 20.4 Å². The van der Waals surface area contributed by atoms with Gasteiger partial charge in [0.15, 0.2) is 11.5 Å². The number of anilines is 1. The van der Waals surface area contributed by atoms with Crippen LogP contribution >= 0.6 is 0 Å². The molecule has 1 aliphatic heterocycles. The standard InChI is InChI=1S/C40H42N6O8S/c1-40(2,39(49)44-33(20-26-10-13-30(47)14-11-26)38(48)46-55(50,51)31-15-17-36(45-41)42-24-31)18-6-7-19-52-37-23-29(21-32(43-37)27-8-4-3-5-9-27)28-12-16-34-35(22-28)54-25-53-34/h3-5,8-17,21-24,33,47H,6-7,18-20,25,41H2,1-2H3,(H,42,45)(H,44,49)(H,46,48). The number of nitrogens with zero attached hydrogens (tertiary/aromatic N) is 2. The van der Waals surface area contributed by atoms with Crippen LogP contribution in [-0.4, -0.2) is 54.7 Å². The molecule has 1 atom stereocenters. The van der Waals surface area contributed by atoms with Crippen LogP contribution in [0.1, 0.15) is 38.7 Å². The molecule has 14 nitrogen and oxygen atoms in total. The summed E-state index contributed by atoms with van der Waals surface area (Å²) >= 11 is 0. The number of ether oxygens (including phenoxy) is 3. The van der Waals surface area contributed by atoms with Crippen LogP contribution in [0.15, 0.2) is 108 Å². The van der Waals surface area contributed by atoms with Crippen molar-refractivity contribution in [3.63, 3.8) is 0 Å². The lowest BCUT2D eigenvalue weighted by Gasteiger charge is -2.27. The quantitative estimate of drug-likeness (QED) is 0.0491. The Kier molecular flexibility index (Phi) is 11.8. The minimum atomic E-state index is -4.33. The van der Waals surface area contributed by atoms with Crippen molar-refractivity contribution in [3.05, 3.63) is 109 Å². The largest absolute Gasteiger partial charge is 0.508 e. The summed E-state index contributed by atoms with van der Waals surface area (Å²) in [5.74, 6) is 6.02. The Hall–Kier alpha value is -6.19. The van der Waals surface area contributed by atoms with Crippen molar-refractivity contribution in [3.8, 4) is 45.5 Å². The second-order valence-corrected chi connectivity index (χ2v) is 15.3. The van der Waals surface area contributed by atoms with Crippen molar-refractivity contribution < 1.29 is 37.3 Å². The average molecular weight is 767 g/mol. The number of carbonyl (C=O) groups is 2. The first-order chi connectivity index (χ1) is 26.4. The number of hydrazine groups is 1. The number of phenolic OH excluding ortho intramolecular Hbond substituents is 1. The number of aromatic hydroxyl groups is 1. The zero-order chi connectivity index (χ0) is 39.0. The lowest BCUT2D eigenvalue weighted by Crippen LogP contribution is -2.52. The highest BCUT2D eigenvalue weighted by Crippen LogP contribution is 2.37. The van der Waals surface area contributed by atoms with Crippen molar-refractivity contribution in [2.75, 3.05) is 18.8 Å². The summed E-state index contributed by atoms with van der Waals surface area (Å²) in [5, 5.41) is 12.5. The Bertz CT molecular complexity index is 2240. The first kappa shape index (κ1) is 38.5. The summed E-state index contributed by atoms with van der Waals surface area (Å²) in [6.45, 7) is 4.04. The van der Waals surface area contributed by atoms with E-state index >= 15 is 0 Å². The smallest absolute Gasteiger partial charge is 0.265 e. The van der Waals surface area contributed by atoms with Gasteiger partial charge in [0.1, 0.15) is 22.5 Å². The molecule has 6 N–H and O–H groups in total. The Balaban J connectivity index is 1.09. The van der Waals surface area contributed by atoms with Crippen molar-refractivity contribution in [1.82, 2.24) is 20.0 Å². The van der Waals surface area contributed by atoms with Gasteiger partial charge in [-0.05, 0) is 78.4 Å². The molecule has 2 aromatic heterocycles. The molecular formula is C40H42N6O8S. The van der Waals surface area contributed by atoms with Gasteiger partial charge in [0, 0.05) is 29.7 Å². The molecule has 0 saturated heterocycles. The number of unbranched alkanes of at least 4 members (excludes halogenated alkanes) is 1. The fourth-order valence-electron chi connectivity index (χ4n) is 5.86. The molecule has 0 spiro atoms. The van der Waals surface area contributed by atoms with Crippen molar-refractivity contribution >= 4 is 27.7 Å². The summed E-state index contributed by atoms with van der Waals surface area (Å²) in [5.41, 5.74) is 5.48. The molecule has 55 heavy (non-hydrogen) atoms. The van der Waals surface area contributed by atoms with Crippen LogP contribution in [0.2, 0.25) is 0 Å². The fourth-order valence-corrected chi connectivity index (χ4v) is 6.82. The fraction of sp³-hybridized carbons (Fsp3) is 0.250. The Morgan fingerprint density at radius 1 is 0.909 bits per heavy atom. The Labute approximate surface area is 319 Å². The van der Waals surface area contributed by atoms with Crippen LogP contribution in [0.25, 0.3) is 22.4 Å². The van der Waals surface area contributed by atoms with E-state index in [1.165, 1.54) is 24.3 Å². The minimum absolute atomic E-state index is 0.0224. The van der Waals surface area contributed by atoms with Crippen LogP contribution in [0.4, 0.5) is 5.82 Å². The molecule has 1 aliphatic rings. The lowest BCUT2D eigenvalue weighted by atomic mass is 9.85. The van der Waals surface area contributed by atoms with E-state index in [4.69, 9.17) is 25.0 Å². The van der Waals surface area contributed by atoms with E-state index in [9.17, 15) is 23.1 Å². The predicted octanol–water partition coefficient (Wildman–Crippen LogP) is 5.34. The van der Waals surface area contributed by atoms with Gasteiger partial charge in [-0.25, -0.2) is 29.0 Å². The molecule has 1 unspecified atom stereocenters. The van der Waals surface area contributed by atoms with Crippen LogP contribution in [-0.2, 0) is 26.0 Å². The zero-order valence-corrected chi connectivity index (χ0v) is 31.1. The third-order valence-electron chi connectivity index (χ3n) is 9.07. The Morgan fingerprint density at radius 2 is 1.67 bits per heavy atom. The summed E-state index contributed by atoms with van der Waals surface area (Å²) in [4.78, 5) is 35.5.